The number of ether oxygens (including phenoxy) is 6. The molecular weight excluding hydrogens is 1310 g/mol. The molecular formula is C93H116O12. The monoisotopic (exact) mass is 1420 g/mol. The summed E-state index contributed by atoms with van der Waals surface area (Å²) < 4.78 is 38.7. The molecule has 4 N–H and O–H groups in total. The number of esters is 2. The molecule has 560 valence electrons. The van der Waals surface area contributed by atoms with Gasteiger partial charge in [-0.1, -0.05) is 126 Å². The SMILES string of the molecule is Cc1cc(O)c(C2CCCCC2)cc1C(c1cc(C2CCCCC2)c(O)cc1C)c1cc(Cc2ccc(OCC(=O)OCOC3C4CC5CC(C4)CC3C5)c(C(c3cc(C4CCCCC4)c(O)cc3C)c3cc(C4CCCCC4)c(O)cc3C)c2)ccc1OCC(=O)OCOC1C2CC3CC(C2)CC1C3. The van der Waals surface area contributed by atoms with Gasteiger partial charge in [0.2, 0.25) is 0 Å². The number of phenols is 4. The molecule has 105 heavy (non-hydrogen) atoms. The van der Waals surface area contributed by atoms with Crippen LogP contribution in [0.15, 0.2) is 84.9 Å². The summed E-state index contributed by atoms with van der Waals surface area (Å²) in [5.74, 6) is 6.51. The largest absolute Gasteiger partial charge is 0.508 e. The van der Waals surface area contributed by atoms with E-state index in [0.717, 1.165) is 215 Å². The Hall–Kier alpha value is -7.02. The molecule has 12 saturated carbocycles. The van der Waals surface area contributed by atoms with Crippen molar-refractivity contribution in [2.45, 2.75) is 274 Å². The molecule has 8 bridgehead atoms. The van der Waals surface area contributed by atoms with E-state index in [1.807, 2.05) is 36.4 Å². The van der Waals surface area contributed by atoms with E-state index in [-0.39, 0.29) is 62.7 Å². The molecule has 0 aromatic heterocycles. The lowest BCUT2D eigenvalue weighted by Gasteiger charge is -2.53. The number of rotatable bonds is 24. The van der Waals surface area contributed by atoms with Gasteiger partial charge in [0.05, 0.1) is 12.2 Å². The Morgan fingerprint density at radius 1 is 0.352 bits per heavy atom. The second-order valence-corrected chi connectivity index (χ2v) is 35.2. The standard InChI is InChI=1S/C93H116O12/c1-54-29-82(94)76(64-17-9-5-10-18-64)46-72(54)90(73-47-77(83(95)30-55(73)2)65-19-11-6-12-20-65)80-44-58(25-27-86(80)100-50-88(98)102-52-104-92-68-36-60-34-61(38-68)39-69(92)37-60)33-59-26-28-87(101-51-89(99)103-53-105-93-70-40-62-35-63(42-70)43-71(93)41-62)81(45-59)91(74-48-78(84(96)31-56(74)3)66-21-13-7-14-22-66)75-49-79(85(97)32-57(75)4)67-23-15-8-16-24-67/h25-32,44-49,60-71,90-97H,5-24,33-43,50-53H2,1-4H3. The molecule has 0 heterocycles. The highest BCUT2D eigenvalue weighted by Gasteiger charge is 2.50. The fraction of sp³-hybridized carbons (Fsp3) is 0.591. The van der Waals surface area contributed by atoms with Gasteiger partial charge in [-0.25, -0.2) is 9.59 Å². The summed E-state index contributed by atoms with van der Waals surface area (Å²) in [5.41, 5.74) is 15.4. The smallest absolute Gasteiger partial charge is 0.346 e. The van der Waals surface area contributed by atoms with Crippen LogP contribution in [-0.2, 0) is 35.0 Å². The van der Waals surface area contributed by atoms with Gasteiger partial charge in [0.25, 0.3) is 0 Å². The molecule has 6 aromatic rings. The van der Waals surface area contributed by atoms with E-state index < -0.39 is 23.8 Å². The first-order valence-electron chi connectivity index (χ1n) is 41.5. The molecule has 12 heteroatoms. The zero-order valence-electron chi connectivity index (χ0n) is 63.1. The maximum absolute atomic E-state index is 14.2. The molecule has 12 aliphatic carbocycles. The Morgan fingerprint density at radius 3 is 0.905 bits per heavy atom. The van der Waals surface area contributed by atoms with Crippen molar-refractivity contribution in [3.05, 3.63) is 174 Å². The summed E-state index contributed by atoms with van der Waals surface area (Å²) in [5, 5.41) is 48.2. The van der Waals surface area contributed by atoms with E-state index in [2.05, 4.69) is 76.2 Å². The van der Waals surface area contributed by atoms with Gasteiger partial charge in [-0.3, -0.25) is 0 Å². The second-order valence-electron chi connectivity index (χ2n) is 35.2. The van der Waals surface area contributed by atoms with Gasteiger partial charge in [-0.2, -0.15) is 0 Å². The van der Waals surface area contributed by atoms with Crippen molar-refractivity contribution in [3.8, 4) is 34.5 Å². The van der Waals surface area contributed by atoms with Gasteiger partial charge in [0.1, 0.15) is 34.5 Å². The normalized spacial score (nSPS) is 26.2. The van der Waals surface area contributed by atoms with Crippen molar-refractivity contribution >= 4 is 11.9 Å². The van der Waals surface area contributed by atoms with Gasteiger partial charge >= 0.3 is 11.9 Å². The van der Waals surface area contributed by atoms with Gasteiger partial charge in [-0.15, -0.1) is 0 Å². The zero-order valence-corrected chi connectivity index (χ0v) is 63.1. The molecule has 0 radical (unpaired) electrons. The summed E-state index contributed by atoms with van der Waals surface area (Å²) in [6, 6.07) is 29.6. The van der Waals surface area contributed by atoms with Crippen molar-refractivity contribution < 1.29 is 58.4 Å². The average Bonchev–Trinajstić information content (AvgIpc) is 0.770. The van der Waals surface area contributed by atoms with Crippen LogP contribution in [0.1, 0.15) is 317 Å². The van der Waals surface area contributed by atoms with E-state index in [0.29, 0.717) is 64.6 Å². The average molecular weight is 1430 g/mol. The number of carbonyl (C=O) groups excluding carboxylic acids is 2. The highest BCUT2D eigenvalue weighted by Crippen LogP contribution is 2.57. The molecule has 0 aliphatic heterocycles. The van der Waals surface area contributed by atoms with Crippen LogP contribution in [-0.4, -0.2) is 71.4 Å². The van der Waals surface area contributed by atoms with E-state index in [9.17, 15) is 30.0 Å². The molecule has 12 nitrogen and oxygen atoms in total. The Bertz CT molecular complexity index is 3640. The van der Waals surface area contributed by atoms with Crippen LogP contribution in [0.4, 0.5) is 0 Å². The maximum Gasteiger partial charge on any atom is 0.346 e. The molecule has 12 fully saturated rings. The van der Waals surface area contributed by atoms with Crippen molar-refractivity contribution in [1.82, 2.24) is 0 Å². The second kappa shape index (κ2) is 31.7. The topological polar surface area (TPSA) is 170 Å². The van der Waals surface area contributed by atoms with Crippen molar-refractivity contribution in [3.63, 3.8) is 0 Å². The predicted octanol–water partition coefficient (Wildman–Crippen LogP) is 21.3. The van der Waals surface area contributed by atoms with Crippen LogP contribution in [0.25, 0.3) is 0 Å². The number of aryl methyl sites for hydroxylation is 4. The highest BCUT2D eigenvalue weighted by atomic mass is 16.7. The Balaban J connectivity index is 0.799. The number of benzene rings is 6. The minimum atomic E-state index is -0.501. The van der Waals surface area contributed by atoms with Crippen LogP contribution in [0.3, 0.4) is 0 Å². The quantitative estimate of drug-likeness (QED) is 0.0257. The third kappa shape index (κ3) is 15.6. The fourth-order valence-corrected chi connectivity index (χ4v) is 23.5. The number of hydrogen-bond acceptors (Lipinski definition) is 12. The van der Waals surface area contributed by atoms with E-state index in [1.54, 1.807) is 0 Å². The zero-order chi connectivity index (χ0) is 72.0. The first kappa shape index (κ1) is 72.2. The molecule has 0 saturated heterocycles. The number of carbonyl (C=O) groups is 2. The van der Waals surface area contributed by atoms with E-state index in [1.165, 1.54) is 89.9 Å². The maximum atomic E-state index is 14.2. The van der Waals surface area contributed by atoms with Crippen LogP contribution >= 0.6 is 0 Å². The minimum Gasteiger partial charge on any atom is -0.508 e. The lowest BCUT2D eigenvalue weighted by atomic mass is 9.55. The number of hydrogen-bond donors (Lipinski definition) is 4. The van der Waals surface area contributed by atoms with Gasteiger partial charge in [-0.05, 0) is 335 Å². The fourth-order valence-electron chi connectivity index (χ4n) is 23.5. The lowest BCUT2D eigenvalue weighted by molar-refractivity contribution is -0.188. The first-order chi connectivity index (χ1) is 51.1. The van der Waals surface area contributed by atoms with Crippen LogP contribution in [0.5, 0.6) is 34.5 Å². The lowest BCUT2D eigenvalue weighted by Crippen LogP contribution is -2.49. The molecule has 0 unspecified atom stereocenters. The molecule has 12 aliphatic rings. The molecule has 6 aromatic carbocycles. The number of aromatic hydroxyl groups is 4. The van der Waals surface area contributed by atoms with E-state index >= 15 is 0 Å². The molecule has 0 atom stereocenters. The Morgan fingerprint density at radius 2 is 0.629 bits per heavy atom. The third-order valence-electron chi connectivity index (χ3n) is 28.2. The van der Waals surface area contributed by atoms with Crippen molar-refractivity contribution in [2.24, 2.45) is 47.3 Å². The summed E-state index contributed by atoms with van der Waals surface area (Å²) in [6.45, 7) is 7.50. The van der Waals surface area contributed by atoms with Gasteiger partial charge < -0.3 is 48.8 Å². The summed E-state index contributed by atoms with van der Waals surface area (Å²) in [6.07, 6.45) is 34.6. The Kier molecular flexibility index (Phi) is 21.8. The summed E-state index contributed by atoms with van der Waals surface area (Å²) >= 11 is 0. The van der Waals surface area contributed by atoms with Crippen molar-refractivity contribution in [2.75, 3.05) is 26.8 Å². The van der Waals surface area contributed by atoms with E-state index in [4.69, 9.17) is 28.4 Å². The molecule has 0 spiro atoms. The first-order valence-corrected chi connectivity index (χ1v) is 41.5. The third-order valence-corrected chi connectivity index (χ3v) is 28.2. The van der Waals surface area contributed by atoms with Crippen LogP contribution in [0, 0.1) is 75.0 Å². The minimum absolute atomic E-state index is 0.105. The van der Waals surface area contributed by atoms with Gasteiger partial charge in [0.15, 0.2) is 26.8 Å². The summed E-state index contributed by atoms with van der Waals surface area (Å²) in [7, 11) is 0. The van der Waals surface area contributed by atoms with Crippen LogP contribution < -0.4 is 9.47 Å². The Labute approximate surface area is 624 Å². The summed E-state index contributed by atoms with van der Waals surface area (Å²) in [4.78, 5) is 28.4. The molecule has 0 amide bonds. The highest BCUT2D eigenvalue weighted by molar-refractivity contribution is 5.72. The number of phenolic OH excluding ortho intramolecular Hbond substituents is 4. The van der Waals surface area contributed by atoms with Crippen LogP contribution in [0.2, 0.25) is 0 Å². The predicted molar refractivity (Wildman–Crippen MR) is 409 cm³/mol. The van der Waals surface area contributed by atoms with Crippen molar-refractivity contribution in [1.29, 1.82) is 0 Å². The van der Waals surface area contributed by atoms with Gasteiger partial charge in [0, 0.05) is 23.0 Å². The molecule has 18 rings (SSSR count).